The highest BCUT2D eigenvalue weighted by atomic mass is 16.3. The van der Waals surface area contributed by atoms with Crippen LogP contribution >= 0.6 is 0 Å². The van der Waals surface area contributed by atoms with Crippen LogP contribution in [0.1, 0.15) is 29.0 Å². The highest BCUT2D eigenvalue weighted by molar-refractivity contribution is 5.94. The van der Waals surface area contributed by atoms with Gasteiger partial charge in [0, 0.05) is 25.7 Å². The average Bonchev–Trinajstić information content (AvgIpc) is 3.27. The van der Waals surface area contributed by atoms with Crippen molar-refractivity contribution < 1.29 is 18.8 Å². The van der Waals surface area contributed by atoms with Gasteiger partial charge in [0.25, 0.3) is 5.91 Å². The number of piperidine rings is 1. The van der Waals surface area contributed by atoms with Crippen molar-refractivity contribution in [2.75, 3.05) is 26.7 Å². The maximum absolute atomic E-state index is 12.3. The van der Waals surface area contributed by atoms with Crippen molar-refractivity contribution in [1.29, 1.82) is 0 Å². The van der Waals surface area contributed by atoms with E-state index in [1.807, 2.05) is 24.3 Å². The standard InChI is InChI=1S/C21H26N4O4/c1-22-19(26)13-25-21(28)18-8-7-17(29-18)15-5-2-4-14(10-15)11-24-20(27)16-6-3-9-23-12-16/h2,4-5,7-8,10,16,23H,3,6,9,11-13H2,1H3,(H,22,26)(H,24,27)(H,25,28). The molecule has 8 heteroatoms. The second-order valence-corrected chi connectivity index (χ2v) is 6.98. The number of carbonyl (C=O) groups excluding carboxylic acids is 3. The molecule has 0 aliphatic carbocycles. The summed E-state index contributed by atoms with van der Waals surface area (Å²) in [5, 5.41) is 11.2. The zero-order valence-electron chi connectivity index (χ0n) is 16.4. The van der Waals surface area contributed by atoms with Crippen molar-refractivity contribution in [2.24, 2.45) is 5.92 Å². The summed E-state index contributed by atoms with van der Waals surface area (Å²) in [6.45, 7) is 2.02. The van der Waals surface area contributed by atoms with E-state index >= 15 is 0 Å². The molecule has 0 saturated carbocycles. The topological polar surface area (TPSA) is 112 Å². The fourth-order valence-electron chi connectivity index (χ4n) is 3.19. The van der Waals surface area contributed by atoms with Gasteiger partial charge in [-0.2, -0.15) is 0 Å². The lowest BCUT2D eigenvalue weighted by Crippen LogP contribution is -2.40. The van der Waals surface area contributed by atoms with E-state index < -0.39 is 5.91 Å². The van der Waals surface area contributed by atoms with Gasteiger partial charge in [0.2, 0.25) is 11.8 Å². The maximum Gasteiger partial charge on any atom is 0.287 e. The predicted molar refractivity (Wildman–Crippen MR) is 108 cm³/mol. The molecule has 1 saturated heterocycles. The van der Waals surface area contributed by atoms with Crippen molar-refractivity contribution in [3.8, 4) is 11.3 Å². The number of amides is 3. The second kappa shape index (κ2) is 9.88. The van der Waals surface area contributed by atoms with Crippen LogP contribution in [0.25, 0.3) is 11.3 Å². The van der Waals surface area contributed by atoms with Crippen molar-refractivity contribution >= 4 is 17.7 Å². The average molecular weight is 398 g/mol. The number of hydrogen-bond donors (Lipinski definition) is 4. The second-order valence-electron chi connectivity index (χ2n) is 6.98. The smallest absolute Gasteiger partial charge is 0.287 e. The van der Waals surface area contributed by atoms with Crippen molar-refractivity contribution in [3.63, 3.8) is 0 Å². The van der Waals surface area contributed by atoms with Gasteiger partial charge >= 0.3 is 0 Å². The summed E-state index contributed by atoms with van der Waals surface area (Å²) in [5.41, 5.74) is 1.75. The molecular weight excluding hydrogens is 372 g/mol. The molecule has 1 aliphatic rings. The Morgan fingerprint density at radius 2 is 2.03 bits per heavy atom. The Labute approximate surface area is 169 Å². The van der Waals surface area contributed by atoms with E-state index in [0.717, 1.165) is 37.1 Å². The van der Waals surface area contributed by atoms with Gasteiger partial charge in [-0.05, 0) is 43.1 Å². The minimum absolute atomic E-state index is 0.0212. The third kappa shape index (κ3) is 5.68. The van der Waals surface area contributed by atoms with Crippen LogP contribution < -0.4 is 21.3 Å². The quantitative estimate of drug-likeness (QED) is 0.557. The van der Waals surface area contributed by atoms with Crippen molar-refractivity contribution in [2.45, 2.75) is 19.4 Å². The molecular formula is C21H26N4O4. The van der Waals surface area contributed by atoms with Gasteiger partial charge in [-0.25, -0.2) is 0 Å². The third-order valence-corrected chi connectivity index (χ3v) is 4.86. The minimum Gasteiger partial charge on any atom is -0.451 e. The van der Waals surface area contributed by atoms with Crippen LogP contribution in [0.4, 0.5) is 0 Å². The number of rotatable bonds is 7. The first-order chi connectivity index (χ1) is 14.1. The molecule has 1 aromatic heterocycles. The van der Waals surface area contributed by atoms with Gasteiger partial charge in [0.1, 0.15) is 5.76 Å². The van der Waals surface area contributed by atoms with Crippen LogP contribution in [-0.4, -0.2) is 44.4 Å². The SMILES string of the molecule is CNC(=O)CNC(=O)c1ccc(-c2cccc(CNC(=O)C3CCCNC3)c2)o1. The summed E-state index contributed by atoms with van der Waals surface area (Å²) >= 11 is 0. The normalized spacial score (nSPS) is 16.1. The van der Waals surface area contributed by atoms with Crippen LogP contribution in [0.15, 0.2) is 40.8 Å². The summed E-state index contributed by atoms with van der Waals surface area (Å²) in [4.78, 5) is 35.6. The molecule has 0 bridgehead atoms. The molecule has 8 nitrogen and oxygen atoms in total. The van der Waals surface area contributed by atoms with Gasteiger partial charge in [0.15, 0.2) is 5.76 Å². The third-order valence-electron chi connectivity index (χ3n) is 4.86. The van der Waals surface area contributed by atoms with E-state index in [2.05, 4.69) is 21.3 Å². The van der Waals surface area contributed by atoms with Crippen LogP contribution in [-0.2, 0) is 16.1 Å². The Bertz CT molecular complexity index is 871. The molecule has 1 atom stereocenters. The van der Waals surface area contributed by atoms with Crippen LogP contribution in [0, 0.1) is 5.92 Å². The van der Waals surface area contributed by atoms with Crippen molar-refractivity contribution in [3.05, 3.63) is 47.7 Å². The lowest BCUT2D eigenvalue weighted by molar-refractivity contribution is -0.125. The summed E-state index contributed by atoms with van der Waals surface area (Å²) < 4.78 is 5.63. The first-order valence-corrected chi connectivity index (χ1v) is 9.73. The van der Waals surface area contributed by atoms with Crippen LogP contribution in [0.5, 0.6) is 0 Å². The molecule has 0 radical (unpaired) electrons. The van der Waals surface area contributed by atoms with E-state index in [-0.39, 0.29) is 30.0 Å². The minimum atomic E-state index is -0.454. The number of furan rings is 1. The van der Waals surface area contributed by atoms with Gasteiger partial charge in [-0.15, -0.1) is 0 Å². The molecule has 29 heavy (non-hydrogen) atoms. The predicted octanol–water partition coefficient (Wildman–Crippen LogP) is 1.04. The fourth-order valence-corrected chi connectivity index (χ4v) is 3.19. The fraction of sp³-hybridized carbons (Fsp3) is 0.381. The number of carbonyl (C=O) groups is 3. The Morgan fingerprint density at radius 3 is 2.79 bits per heavy atom. The van der Waals surface area contributed by atoms with Crippen molar-refractivity contribution in [1.82, 2.24) is 21.3 Å². The van der Waals surface area contributed by atoms with Gasteiger partial charge < -0.3 is 25.7 Å². The van der Waals surface area contributed by atoms with E-state index in [9.17, 15) is 14.4 Å². The van der Waals surface area contributed by atoms with E-state index in [4.69, 9.17) is 4.42 Å². The van der Waals surface area contributed by atoms with Gasteiger partial charge in [0.05, 0.1) is 12.5 Å². The summed E-state index contributed by atoms with van der Waals surface area (Å²) in [6.07, 6.45) is 1.93. The van der Waals surface area contributed by atoms with Crippen LogP contribution in [0.2, 0.25) is 0 Å². The van der Waals surface area contributed by atoms with Gasteiger partial charge in [-0.3, -0.25) is 14.4 Å². The monoisotopic (exact) mass is 398 g/mol. The lowest BCUT2D eigenvalue weighted by atomic mass is 9.99. The molecule has 3 rings (SSSR count). The molecule has 3 amide bonds. The molecule has 154 valence electrons. The number of nitrogens with one attached hydrogen (secondary N) is 4. The zero-order chi connectivity index (χ0) is 20.6. The molecule has 4 N–H and O–H groups in total. The highest BCUT2D eigenvalue weighted by Crippen LogP contribution is 2.23. The maximum atomic E-state index is 12.3. The van der Waals surface area contributed by atoms with E-state index in [1.54, 1.807) is 12.1 Å². The van der Waals surface area contributed by atoms with Crippen LogP contribution in [0.3, 0.4) is 0 Å². The Kier molecular flexibility index (Phi) is 7.02. The number of likely N-dealkylation sites (N-methyl/N-ethyl adjacent to an activating group) is 1. The van der Waals surface area contributed by atoms with E-state index in [0.29, 0.717) is 12.3 Å². The summed E-state index contributed by atoms with van der Waals surface area (Å²) in [5.74, 6) is 0.0175. The molecule has 1 unspecified atom stereocenters. The molecule has 2 aromatic rings. The molecule has 1 aliphatic heterocycles. The van der Waals surface area contributed by atoms with Gasteiger partial charge in [-0.1, -0.05) is 18.2 Å². The molecule has 2 heterocycles. The number of benzene rings is 1. The largest absolute Gasteiger partial charge is 0.451 e. The Balaban J connectivity index is 1.59. The highest BCUT2D eigenvalue weighted by Gasteiger charge is 2.20. The Morgan fingerprint density at radius 1 is 1.17 bits per heavy atom. The molecule has 0 spiro atoms. The van der Waals surface area contributed by atoms with E-state index in [1.165, 1.54) is 7.05 Å². The first-order valence-electron chi connectivity index (χ1n) is 9.73. The first kappa shape index (κ1) is 20.6. The zero-order valence-corrected chi connectivity index (χ0v) is 16.4. The molecule has 1 aromatic carbocycles. The molecule has 1 fully saturated rings. The number of hydrogen-bond acceptors (Lipinski definition) is 5. The summed E-state index contributed by atoms with van der Waals surface area (Å²) in [7, 11) is 1.50. The summed E-state index contributed by atoms with van der Waals surface area (Å²) in [6, 6.07) is 10.9. The lowest BCUT2D eigenvalue weighted by Gasteiger charge is -2.21. The Hall–Kier alpha value is -3.13.